The highest BCUT2D eigenvalue weighted by Crippen LogP contribution is 2.18. The van der Waals surface area contributed by atoms with Crippen molar-refractivity contribution in [1.29, 1.82) is 0 Å². The number of rotatable bonds is 4. The molecule has 0 radical (unpaired) electrons. The fourth-order valence-electron chi connectivity index (χ4n) is 1.98. The van der Waals surface area contributed by atoms with Crippen LogP contribution in [0.3, 0.4) is 0 Å². The lowest BCUT2D eigenvalue weighted by atomic mass is 10.2. The van der Waals surface area contributed by atoms with Crippen molar-refractivity contribution in [3.8, 4) is 0 Å². The molecular weight excluding hydrogens is 288 g/mol. The second kappa shape index (κ2) is 7.04. The van der Waals surface area contributed by atoms with Crippen molar-refractivity contribution in [2.75, 3.05) is 26.2 Å². The molecule has 0 aromatic heterocycles. The summed E-state index contributed by atoms with van der Waals surface area (Å²) in [4.78, 5) is 8.77. The van der Waals surface area contributed by atoms with Crippen molar-refractivity contribution in [2.45, 2.75) is 11.5 Å². The summed E-state index contributed by atoms with van der Waals surface area (Å²) in [6.45, 7) is 3.79. The van der Waals surface area contributed by atoms with Crippen LogP contribution in [-0.4, -0.2) is 36.5 Å². The Labute approximate surface area is 127 Å². The van der Waals surface area contributed by atoms with E-state index in [1.807, 2.05) is 0 Å². The maximum atomic E-state index is 4.39. The molecule has 2 aliphatic heterocycles. The first-order valence-corrected chi connectivity index (χ1v) is 8.77. The first-order valence-electron chi connectivity index (χ1n) is 6.80. The standard InChI is InChI=1S/C14H18N4S2/c1-2-12(10-20-14-17-7-8-18-14)4-3-11(1)9-19-13-15-5-6-16-13/h1-4H,5-10H2,(H,15,16)(H,17,18). The van der Waals surface area contributed by atoms with Gasteiger partial charge < -0.3 is 10.6 Å². The van der Waals surface area contributed by atoms with E-state index in [2.05, 4.69) is 44.9 Å². The molecule has 0 unspecified atom stereocenters. The summed E-state index contributed by atoms with van der Waals surface area (Å²) < 4.78 is 0. The predicted octanol–water partition coefficient (Wildman–Crippen LogP) is 2.07. The summed E-state index contributed by atoms with van der Waals surface area (Å²) >= 11 is 3.56. The topological polar surface area (TPSA) is 48.8 Å². The Morgan fingerprint density at radius 3 is 1.60 bits per heavy atom. The highest BCUT2D eigenvalue weighted by Gasteiger charge is 2.07. The Morgan fingerprint density at radius 2 is 1.25 bits per heavy atom. The highest BCUT2D eigenvalue weighted by atomic mass is 32.2. The summed E-state index contributed by atoms with van der Waals surface area (Å²) in [5.74, 6) is 1.96. The first kappa shape index (κ1) is 13.8. The van der Waals surface area contributed by atoms with Gasteiger partial charge in [-0.1, -0.05) is 47.8 Å². The van der Waals surface area contributed by atoms with E-state index >= 15 is 0 Å². The molecule has 0 amide bonds. The summed E-state index contributed by atoms with van der Waals surface area (Å²) in [6, 6.07) is 8.84. The van der Waals surface area contributed by atoms with Crippen LogP contribution in [0.15, 0.2) is 34.3 Å². The molecule has 1 aromatic rings. The number of nitrogens with zero attached hydrogens (tertiary/aromatic N) is 2. The number of hydrogen-bond acceptors (Lipinski definition) is 6. The third-order valence-corrected chi connectivity index (χ3v) is 5.11. The van der Waals surface area contributed by atoms with E-state index in [1.165, 1.54) is 11.1 Å². The van der Waals surface area contributed by atoms with E-state index in [4.69, 9.17) is 0 Å². The van der Waals surface area contributed by atoms with Crippen LogP contribution in [0, 0.1) is 0 Å². The van der Waals surface area contributed by atoms with Crippen molar-refractivity contribution in [3.63, 3.8) is 0 Å². The molecule has 1 aromatic carbocycles. The third-order valence-electron chi connectivity index (χ3n) is 3.06. The average Bonchev–Trinajstić information content (AvgIpc) is 3.17. The highest BCUT2D eigenvalue weighted by molar-refractivity contribution is 8.13. The van der Waals surface area contributed by atoms with Crippen LogP contribution < -0.4 is 10.6 Å². The molecule has 0 bridgehead atoms. The number of amidine groups is 2. The van der Waals surface area contributed by atoms with Gasteiger partial charge in [0.05, 0.1) is 13.1 Å². The van der Waals surface area contributed by atoms with Crippen LogP contribution in [0.1, 0.15) is 11.1 Å². The molecule has 0 saturated heterocycles. The van der Waals surface area contributed by atoms with Crippen molar-refractivity contribution in [3.05, 3.63) is 35.4 Å². The van der Waals surface area contributed by atoms with Gasteiger partial charge in [0.2, 0.25) is 0 Å². The number of hydrogen-bond donors (Lipinski definition) is 2. The Hall–Kier alpha value is -1.14. The van der Waals surface area contributed by atoms with Crippen LogP contribution in [-0.2, 0) is 11.5 Å². The van der Waals surface area contributed by atoms with Gasteiger partial charge in [0.25, 0.3) is 0 Å². The van der Waals surface area contributed by atoms with Crippen molar-refractivity contribution >= 4 is 33.9 Å². The van der Waals surface area contributed by atoms with Crippen LogP contribution in [0.4, 0.5) is 0 Å². The van der Waals surface area contributed by atoms with Gasteiger partial charge in [0.1, 0.15) is 0 Å². The molecule has 0 aliphatic carbocycles. The first-order chi connectivity index (χ1) is 9.90. The van der Waals surface area contributed by atoms with Gasteiger partial charge in [-0.05, 0) is 11.1 Å². The van der Waals surface area contributed by atoms with Gasteiger partial charge in [0.15, 0.2) is 10.3 Å². The molecule has 6 heteroatoms. The van der Waals surface area contributed by atoms with Gasteiger partial charge >= 0.3 is 0 Å². The van der Waals surface area contributed by atoms with Gasteiger partial charge in [-0.15, -0.1) is 0 Å². The second-order valence-corrected chi connectivity index (χ2v) is 6.55. The Bertz CT molecular complexity index is 463. The van der Waals surface area contributed by atoms with Crippen molar-refractivity contribution in [2.24, 2.45) is 9.98 Å². The zero-order valence-electron chi connectivity index (χ0n) is 11.3. The molecule has 3 rings (SSSR count). The van der Waals surface area contributed by atoms with E-state index in [1.54, 1.807) is 23.5 Å². The predicted molar refractivity (Wildman–Crippen MR) is 89.6 cm³/mol. The zero-order chi connectivity index (χ0) is 13.6. The SMILES string of the molecule is c1cc(CSC2=NCCN2)ccc1CSC1=NCCN1. The molecule has 20 heavy (non-hydrogen) atoms. The molecule has 4 nitrogen and oxygen atoms in total. The molecule has 0 atom stereocenters. The third kappa shape index (κ3) is 3.93. The number of benzene rings is 1. The smallest absolute Gasteiger partial charge is 0.157 e. The quantitative estimate of drug-likeness (QED) is 0.894. The van der Waals surface area contributed by atoms with E-state index < -0.39 is 0 Å². The van der Waals surface area contributed by atoms with Gasteiger partial charge in [-0.2, -0.15) is 0 Å². The van der Waals surface area contributed by atoms with Crippen LogP contribution >= 0.6 is 23.5 Å². The van der Waals surface area contributed by atoms with Gasteiger partial charge in [-0.25, -0.2) is 0 Å². The maximum Gasteiger partial charge on any atom is 0.157 e. The molecule has 0 fully saturated rings. The van der Waals surface area contributed by atoms with Crippen LogP contribution in [0.25, 0.3) is 0 Å². The summed E-state index contributed by atoms with van der Waals surface area (Å²) in [5, 5.41) is 8.72. The zero-order valence-corrected chi connectivity index (χ0v) is 12.9. The molecule has 0 spiro atoms. The fourth-order valence-corrected chi connectivity index (χ4v) is 3.75. The lowest BCUT2D eigenvalue weighted by Gasteiger charge is -2.05. The molecule has 0 saturated carbocycles. The largest absolute Gasteiger partial charge is 0.363 e. The molecular formula is C14H18N4S2. The van der Waals surface area contributed by atoms with Crippen LogP contribution in [0.5, 0.6) is 0 Å². The lowest BCUT2D eigenvalue weighted by Crippen LogP contribution is -2.15. The van der Waals surface area contributed by atoms with E-state index in [0.717, 1.165) is 48.0 Å². The molecule has 106 valence electrons. The summed E-state index contributed by atoms with van der Waals surface area (Å²) in [7, 11) is 0. The van der Waals surface area contributed by atoms with Gasteiger partial charge in [0, 0.05) is 24.6 Å². The number of nitrogens with one attached hydrogen (secondary N) is 2. The average molecular weight is 306 g/mol. The minimum absolute atomic E-state index is 0.913. The minimum Gasteiger partial charge on any atom is -0.363 e. The van der Waals surface area contributed by atoms with Crippen molar-refractivity contribution in [1.82, 2.24) is 10.6 Å². The van der Waals surface area contributed by atoms with E-state index in [9.17, 15) is 0 Å². The van der Waals surface area contributed by atoms with Gasteiger partial charge in [-0.3, -0.25) is 9.98 Å². The molecule has 2 N–H and O–H groups in total. The Morgan fingerprint density at radius 1 is 0.800 bits per heavy atom. The normalized spacial score (nSPS) is 17.4. The minimum atomic E-state index is 0.913. The summed E-state index contributed by atoms with van der Waals surface area (Å²) in [5.41, 5.74) is 2.69. The molecule has 2 aliphatic rings. The summed E-state index contributed by atoms with van der Waals surface area (Å²) in [6.07, 6.45) is 0. The monoisotopic (exact) mass is 306 g/mol. The molecule has 2 heterocycles. The van der Waals surface area contributed by atoms with E-state index in [0.29, 0.717) is 0 Å². The van der Waals surface area contributed by atoms with E-state index in [-0.39, 0.29) is 0 Å². The van der Waals surface area contributed by atoms with Crippen molar-refractivity contribution < 1.29 is 0 Å². The van der Waals surface area contributed by atoms with Crippen LogP contribution in [0.2, 0.25) is 0 Å². The maximum absolute atomic E-state index is 4.39. The lowest BCUT2D eigenvalue weighted by molar-refractivity contribution is 0.963. The fraction of sp³-hybridized carbons (Fsp3) is 0.429. The Kier molecular flexibility index (Phi) is 4.86. The number of thioether (sulfide) groups is 2. The second-order valence-electron chi connectivity index (χ2n) is 4.62. The Balaban J connectivity index is 1.46. The number of aliphatic imine (C=N–C) groups is 2.